The van der Waals surface area contributed by atoms with Crippen molar-refractivity contribution >= 4 is 11.8 Å². The Morgan fingerprint density at radius 3 is 2.64 bits per heavy atom. The van der Waals surface area contributed by atoms with E-state index in [9.17, 15) is 9.59 Å². The maximum absolute atomic E-state index is 11.2. The van der Waals surface area contributed by atoms with Gasteiger partial charge in [0.25, 0.3) is 0 Å². The van der Waals surface area contributed by atoms with Crippen molar-refractivity contribution in [3.63, 3.8) is 0 Å². The van der Waals surface area contributed by atoms with Crippen molar-refractivity contribution in [3.8, 4) is 0 Å². The molecule has 1 fully saturated rings. The maximum atomic E-state index is 11.2. The molecule has 0 radical (unpaired) electrons. The second kappa shape index (κ2) is 2.53. The van der Waals surface area contributed by atoms with Gasteiger partial charge in [-0.1, -0.05) is 6.92 Å². The fourth-order valence-electron chi connectivity index (χ4n) is 1.42. The zero-order chi connectivity index (χ0) is 8.48. The first-order chi connectivity index (χ1) is 5.13. The number of nitrogens with two attached hydrogens (primary N) is 1. The molecular weight excluding hydrogens is 144 g/mol. The van der Waals surface area contributed by atoms with Gasteiger partial charge in [-0.25, -0.2) is 0 Å². The van der Waals surface area contributed by atoms with E-state index in [2.05, 4.69) is 5.32 Å². The molecule has 0 aromatic carbocycles. The molecule has 0 aromatic heterocycles. The van der Waals surface area contributed by atoms with Gasteiger partial charge < -0.3 is 11.1 Å². The fraction of sp³-hybridized carbons (Fsp3) is 0.714. The van der Waals surface area contributed by atoms with Crippen LogP contribution >= 0.6 is 0 Å². The highest BCUT2D eigenvalue weighted by atomic mass is 16.2. The molecule has 11 heavy (non-hydrogen) atoms. The average molecular weight is 156 g/mol. The third-order valence-electron chi connectivity index (χ3n) is 2.35. The first kappa shape index (κ1) is 8.04. The lowest BCUT2D eigenvalue weighted by molar-refractivity contribution is -0.139. The molecule has 1 unspecified atom stereocenters. The number of carbonyl (C=O) groups excluding carboxylic acids is 2. The molecule has 2 amide bonds. The highest BCUT2D eigenvalue weighted by Gasteiger charge is 2.45. The van der Waals surface area contributed by atoms with Crippen molar-refractivity contribution in [2.75, 3.05) is 6.54 Å². The van der Waals surface area contributed by atoms with Crippen LogP contribution in [-0.4, -0.2) is 18.4 Å². The number of rotatable bonds is 2. The first-order valence-corrected chi connectivity index (χ1v) is 3.71. The molecule has 3 N–H and O–H groups in total. The molecule has 1 saturated heterocycles. The maximum Gasteiger partial charge on any atom is 0.235 e. The molecule has 0 aliphatic carbocycles. The Hall–Kier alpha value is -1.06. The van der Waals surface area contributed by atoms with E-state index in [1.54, 1.807) is 6.92 Å². The molecule has 62 valence electrons. The topological polar surface area (TPSA) is 72.2 Å². The average Bonchev–Trinajstić information content (AvgIpc) is 2.32. The minimum Gasteiger partial charge on any atom is -0.369 e. The van der Waals surface area contributed by atoms with E-state index < -0.39 is 11.3 Å². The molecule has 1 aliphatic heterocycles. The molecule has 4 nitrogen and oxygen atoms in total. The summed E-state index contributed by atoms with van der Waals surface area (Å²) in [4.78, 5) is 22.1. The Kier molecular flexibility index (Phi) is 1.85. The van der Waals surface area contributed by atoms with Crippen molar-refractivity contribution in [1.29, 1.82) is 0 Å². The lowest BCUT2D eigenvalue weighted by atomic mass is 9.83. The number of nitrogens with one attached hydrogen (secondary N) is 1. The third-order valence-corrected chi connectivity index (χ3v) is 2.35. The number of carbonyl (C=O) groups is 2. The van der Waals surface area contributed by atoms with Gasteiger partial charge in [-0.2, -0.15) is 0 Å². The first-order valence-electron chi connectivity index (χ1n) is 3.71. The van der Waals surface area contributed by atoms with E-state index in [1.165, 1.54) is 0 Å². The van der Waals surface area contributed by atoms with Crippen LogP contribution in [0.3, 0.4) is 0 Å². The summed E-state index contributed by atoms with van der Waals surface area (Å²) in [5.74, 6) is -0.720. The number of primary amides is 1. The smallest absolute Gasteiger partial charge is 0.235 e. The van der Waals surface area contributed by atoms with Gasteiger partial charge in [0.2, 0.25) is 11.8 Å². The molecule has 1 rings (SSSR count). The predicted molar refractivity (Wildman–Crippen MR) is 39.5 cm³/mol. The normalized spacial score (nSPS) is 30.1. The van der Waals surface area contributed by atoms with Gasteiger partial charge in [0.15, 0.2) is 0 Å². The zero-order valence-corrected chi connectivity index (χ0v) is 6.52. The van der Waals surface area contributed by atoms with Gasteiger partial charge in [0.1, 0.15) is 5.41 Å². The standard InChI is InChI=1S/C7H12N2O2/c1-2-7(5(8)10)3-4-9-6(7)11/h2-4H2,1H3,(H2,8,10)(H,9,11). The van der Waals surface area contributed by atoms with Crippen LogP contribution in [0.4, 0.5) is 0 Å². The molecular formula is C7H12N2O2. The quantitative estimate of drug-likeness (QED) is 0.523. The van der Waals surface area contributed by atoms with Gasteiger partial charge in [-0.15, -0.1) is 0 Å². The highest BCUT2D eigenvalue weighted by Crippen LogP contribution is 2.29. The van der Waals surface area contributed by atoms with E-state index in [0.717, 1.165) is 0 Å². The lowest BCUT2D eigenvalue weighted by Gasteiger charge is -2.18. The van der Waals surface area contributed by atoms with Gasteiger partial charge >= 0.3 is 0 Å². The van der Waals surface area contributed by atoms with Crippen LogP contribution in [0.25, 0.3) is 0 Å². The Balaban J connectivity index is 2.91. The molecule has 1 atom stereocenters. The van der Waals surface area contributed by atoms with E-state index >= 15 is 0 Å². The molecule has 4 heteroatoms. The fourth-order valence-corrected chi connectivity index (χ4v) is 1.42. The van der Waals surface area contributed by atoms with Crippen LogP contribution in [0, 0.1) is 5.41 Å². The van der Waals surface area contributed by atoms with Gasteiger partial charge in [-0.05, 0) is 12.8 Å². The van der Waals surface area contributed by atoms with Crippen LogP contribution < -0.4 is 11.1 Å². The van der Waals surface area contributed by atoms with Crippen LogP contribution in [0.15, 0.2) is 0 Å². The van der Waals surface area contributed by atoms with Crippen molar-refractivity contribution in [2.45, 2.75) is 19.8 Å². The van der Waals surface area contributed by atoms with E-state index in [4.69, 9.17) is 5.73 Å². The lowest BCUT2D eigenvalue weighted by Crippen LogP contribution is -2.42. The number of hydrogen-bond acceptors (Lipinski definition) is 2. The van der Waals surface area contributed by atoms with Crippen molar-refractivity contribution in [2.24, 2.45) is 11.1 Å². The number of hydrogen-bond donors (Lipinski definition) is 2. The van der Waals surface area contributed by atoms with Crippen molar-refractivity contribution < 1.29 is 9.59 Å². The van der Waals surface area contributed by atoms with Gasteiger partial charge in [-0.3, -0.25) is 9.59 Å². The van der Waals surface area contributed by atoms with E-state index in [-0.39, 0.29) is 5.91 Å². The van der Waals surface area contributed by atoms with Crippen LogP contribution in [0.1, 0.15) is 19.8 Å². The Morgan fingerprint density at radius 2 is 2.45 bits per heavy atom. The molecule has 0 aromatic rings. The summed E-state index contributed by atoms with van der Waals surface area (Å²) in [6.07, 6.45) is 1.03. The molecule has 0 bridgehead atoms. The SMILES string of the molecule is CCC1(C(N)=O)CCNC1=O. The highest BCUT2D eigenvalue weighted by molar-refractivity contribution is 6.05. The Bertz CT molecular complexity index is 203. The zero-order valence-electron chi connectivity index (χ0n) is 6.52. The summed E-state index contributed by atoms with van der Waals surface area (Å²) in [6, 6.07) is 0. The Morgan fingerprint density at radius 1 is 1.82 bits per heavy atom. The summed E-state index contributed by atoms with van der Waals surface area (Å²) in [6.45, 7) is 2.37. The van der Waals surface area contributed by atoms with Crippen molar-refractivity contribution in [3.05, 3.63) is 0 Å². The summed E-state index contributed by atoms with van der Waals surface area (Å²) < 4.78 is 0. The Labute approximate surface area is 65.1 Å². The minimum absolute atomic E-state index is 0.215. The summed E-state index contributed by atoms with van der Waals surface area (Å²) >= 11 is 0. The van der Waals surface area contributed by atoms with Crippen molar-refractivity contribution in [1.82, 2.24) is 5.32 Å². The summed E-state index contributed by atoms with van der Waals surface area (Å²) in [5.41, 5.74) is 4.22. The minimum atomic E-state index is -0.917. The molecule has 1 heterocycles. The summed E-state index contributed by atoms with van der Waals surface area (Å²) in [7, 11) is 0. The molecule has 0 saturated carbocycles. The van der Waals surface area contributed by atoms with Gasteiger partial charge in [0.05, 0.1) is 0 Å². The largest absolute Gasteiger partial charge is 0.369 e. The van der Waals surface area contributed by atoms with Crippen LogP contribution in [0.2, 0.25) is 0 Å². The number of amides is 2. The monoisotopic (exact) mass is 156 g/mol. The second-order valence-electron chi connectivity index (χ2n) is 2.81. The molecule has 0 spiro atoms. The third kappa shape index (κ3) is 0.982. The van der Waals surface area contributed by atoms with E-state index in [0.29, 0.717) is 19.4 Å². The second-order valence-corrected chi connectivity index (χ2v) is 2.81. The van der Waals surface area contributed by atoms with Crippen LogP contribution in [0.5, 0.6) is 0 Å². The summed E-state index contributed by atoms with van der Waals surface area (Å²) in [5, 5.41) is 2.60. The van der Waals surface area contributed by atoms with E-state index in [1.807, 2.05) is 0 Å². The van der Waals surface area contributed by atoms with Gasteiger partial charge in [0, 0.05) is 6.54 Å². The predicted octanol–water partition coefficient (Wildman–Crippen LogP) is -0.612. The van der Waals surface area contributed by atoms with Crippen LogP contribution in [-0.2, 0) is 9.59 Å². The molecule has 1 aliphatic rings.